The first-order valence-corrected chi connectivity index (χ1v) is 6.06. The van der Waals surface area contributed by atoms with Gasteiger partial charge in [0, 0.05) is 28.9 Å². The van der Waals surface area contributed by atoms with Gasteiger partial charge in [-0.15, -0.1) is 0 Å². The Bertz CT molecular complexity index is 764. The van der Waals surface area contributed by atoms with E-state index in [4.69, 9.17) is 0 Å². The van der Waals surface area contributed by atoms with Crippen LogP contribution in [0.4, 0.5) is 0 Å². The molecule has 0 aliphatic rings. The number of hydrogen-bond donors (Lipinski definition) is 2. The summed E-state index contributed by atoms with van der Waals surface area (Å²) in [6, 6.07) is 17.0. The van der Waals surface area contributed by atoms with Crippen LogP contribution in [0.2, 0.25) is 0 Å². The molecule has 0 saturated carbocycles. The van der Waals surface area contributed by atoms with Gasteiger partial charge in [0.15, 0.2) is 0 Å². The maximum Gasteiger partial charge on any atom is 0.0533 e. The van der Waals surface area contributed by atoms with Crippen molar-refractivity contribution in [2.45, 2.75) is 0 Å². The molecule has 2 aromatic heterocycles. The van der Waals surface area contributed by atoms with Crippen molar-refractivity contribution in [2.24, 2.45) is 0 Å². The summed E-state index contributed by atoms with van der Waals surface area (Å²) >= 11 is 0. The number of H-pyrrole nitrogens is 2. The summed E-state index contributed by atoms with van der Waals surface area (Å²) in [5, 5.41) is 2.51. The highest BCUT2D eigenvalue weighted by Crippen LogP contribution is 2.32. The molecule has 2 nitrogen and oxygen atoms in total. The highest BCUT2D eigenvalue weighted by atomic mass is 14.7. The summed E-state index contributed by atoms with van der Waals surface area (Å²) < 4.78 is 0. The Morgan fingerprint density at radius 2 is 1.50 bits per heavy atom. The van der Waals surface area contributed by atoms with E-state index in [1.54, 1.807) is 0 Å². The van der Waals surface area contributed by atoms with Crippen molar-refractivity contribution in [1.29, 1.82) is 0 Å². The lowest BCUT2D eigenvalue weighted by molar-refractivity contribution is 1.47. The van der Waals surface area contributed by atoms with Crippen LogP contribution in [0.25, 0.3) is 32.9 Å². The molecule has 86 valence electrons. The zero-order valence-corrected chi connectivity index (χ0v) is 9.77. The van der Waals surface area contributed by atoms with Crippen molar-refractivity contribution in [3.8, 4) is 11.1 Å². The molecule has 2 heteroatoms. The molecule has 0 spiro atoms. The monoisotopic (exact) mass is 232 g/mol. The fourth-order valence-electron chi connectivity index (χ4n) is 2.63. The van der Waals surface area contributed by atoms with E-state index in [0.29, 0.717) is 0 Å². The molecule has 4 rings (SSSR count). The Labute approximate surface area is 104 Å². The van der Waals surface area contributed by atoms with Crippen LogP contribution in [0, 0.1) is 0 Å². The number of para-hydroxylation sites is 1. The Morgan fingerprint density at radius 1 is 0.667 bits per heavy atom. The van der Waals surface area contributed by atoms with E-state index in [2.05, 4.69) is 58.5 Å². The zero-order chi connectivity index (χ0) is 11.9. The van der Waals surface area contributed by atoms with Gasteiger partial charge in [-0.3, -0.25) is 0 Å². The number of rotatable bonds is 1. The van der Waals surface area contributed by atoms with Gasteiger partial charge >= 0.3 is 0 Å². The van der Waals surface area contributed by atoms with Gasteiger partial charge < -0.3 is 9.97 Å². The lowest BCUT2D eigenvalue weighted by Crippen LogP contribution is -1.81. The maximum absolute atomic E-state index is 3.33. The normalized spacial score (nSPS) is 11.3. The van der Waals surface area contributed by atoms with Crippen LogP contribution >= 0.6 is 0 Å². The number of hydrogen-bond acceptors (Lipinski definition) is 0. The van der Waals surface area contributed by atoms with E-state index in [-0.39, 0.29) is 0 Å². The summed E-state index contributed by atoms with van der Waals surface area (Å²) in [5.41, 5.74) is 4.90. The van der Waals surface area contributed by atoms with Gasteiger partial charge in [-0.2, -0.15) is 0 Å². The van der Waals surface area contributed by atoms with Gasteiger partial charge in [0.05, 0.1) is 5.52 Å². The molecule has 0 amide bonds. The molecule has 0 radical (unpaired) electrons. The molecular weight excluding hydrogens is 220 g/mol. The molecule has 0 atom stereocenters. The second-order valence-corrected chi connectivity index (χ2v) is 4.49. The van der Waals surface area contributed by atoms with E-state index in [0.717, 1.165) is 0 Å². The molecular formula is C16H12N2. The number of benzene rings is 2. The Hall–Kier alpha value is -2.48. The molecule has 2 N–H and O–H groups in total. The Kier molecular flexibility index (Phi) is 1.86. The van der Waals surface area contributed by atoms with E-state index < -0.39 is 0 Å². The average molecular weight is 232 g/mol. The third-order valence-electron chi connectivity index (χ3n) is 3.47. The number of aromatic nitrogens is 2. The van der Waals surface area contributed by atoms with Gasteiger partial charge in [-0.25, -0.2) is 0 Å². The molecule has 0 bridgehead atoms. The van der Waals surface area contributed by atoms with Crippen molar-refractivity contribution in [3.05, 3.63) is 60.9 Å². The average Bonchev–Trinajstić information content (AvgIpc) is 3.06. The summed E-state index contributed by atoms with van der Waals surface area (Å²) in [4.78, 5) is 6.59. The summed E-state index contributed by atoms with van der Waals surface area (Å²) in [5.74, 6) is 0. The topological polar surface area (TPSA) is 31.6 Å². The predicted molar refractivity (Wildman–Crippen MR) is 75.6 cm³/mol. The molecule has 0 aliphatic carbocycles. The van der Waals surface area contributed by atoms with Crippen molar-refractivity contribution in [3.63, 3.8) is 0 Å². The molecule has 0 unspecified atom stereocenters. The van der Waals surface area contributed by atoms with Crippen molar-refractivity contribution in [2.75, 3.05) is 0 Å². The molecule has 2 aromatic carbocycles. The quantitative estimate of drug-likeness (QED) is 0.490. The second kappa shape index (κ2) is 3.50. The van der Waals surface area contributed by atoms with Crippen LogP contribution in [0.1, 0.15) is 0 Å². The number of aromatic amines is 2. The zero-order valence-electron chi connectivity index (χ0n) is 9.77. The minimum Gasteiger partial charge on any atom is -0.361 e. The van der Waals surface area contributed by atoms with Crippen molar-refractivity contribution < 1.29 is 0 Å². The molecule has 4 aromatic rings. The highest BCUT2D eigenvalue weighted by molar-refractivity contribution is 6.03. The molecule has 18 heavy (non-hydrogen) atoms. The first kappa shape index (κ1) is 9.54. The summed E-state index contributed by atoms with van der Waals surface area (Å²) in [6.45, 7) is 0. The Morgan fingerprint density at radius 3 is 2.50 bits per heavy atom. The first-order valence-electron chi connectivity index (χ1n) is 6.06. The fraction of sp³-hybridized carbons (Fsp3) is 0. The lowest BCUT2D eigenvalue weighted by atomic mass is 10.00. The smallest absolute Gasteiger partial charge is 0.0533 e. The molecule has 2 heterocycles. The largest absolute Gasteiger partial charge is 0.361 e. The van der Waals surface area contributed by atoms with Gasteiger partial charge in [-0.1, -0.05) is 30.3 Å². The number of nitrogens with one attached hydrogen (secondary N) is 2. The maximum atomic E-state index is 3.33. The van der Waals surface area contributed by atoms with E-state index in [9.17, 15) is 0 Å². The summed E-state index contributed by atoms with van der Waals surface area (Å²) in [6.07, 6.45) is 3.98. The predicted octanol–water partition coefficient (Wildman–Crippen LogP) is 4.32. The minimum absolute atomic E-state index is 1.18. The molecule has 0 saturated heterocycles. The second-order valence-electron chi connectivity index (χ2n) is 4.49. The van der Waals surface area contributed by atoms with Crippen LogP contribution in [0.3, 0.4) is 0 Å². The first-order chi connectivity index (χ1) is 8.93. The third kappa shape index (κ3) is 1.23. The SMILES string of the molecule is c1cc(-c2cccc3[nH]ccc23)c2[nH]ccc2c1. The summed E-state index contributed by atoms with van der Waals surface area (Å²) in [7, 11) is 0. The van der Waals surface area contributed by atoms with Crippen LogP contribution in [-0.4, -0.2) is 9.97 Å². The van der Waals surface area contributed by atoms with Gasteiger partial charge in [0.25, 0.3) is 0 Å². The van der Waals surface area contributed by atoms with E-state index >= 15 is 0 Å². The molecule has 0 aliphatic heterocycles. The van der Waals surface area contributed by atoms with Crippen LogP contribution in [0.5, 0.6) is 0 Å². The lowest BCUT2D eigenvalue weighted by Gasteiger charge is -2.05. The van der Waals surface area contributed by atoms with Gasteiger partial charge in [0.1, 0.15) is 0 Å². The van der Waals surface area contributed by atoms with Crippen LogP contribution in [0.15, 0.2) is 60.9 Å². The van der Waals surface area contributed by atoms with E-state index in [1.807, 2.05) is 12.4 Å². The minimum atomic E-state index is 1.18. The number of fused-ring (bicyclic) bond motifs is 2. The third-order valence-corrected chi connectivity index (χ3v) is 3.47. The van der Waals surface area contributed by atoms with E-state index in [1.165, 1.54) is 32.9 Å². The van der Waals surface area contributed by atoms with Crippen molar-refractivity contribution >= 4 is 21.8 Å². The van der Waals surface area contributed by atoms with Gasteiger partial charge in [0.2, 0.25) is 0 Å². The van der Waals surface area contributed by atoms with Crippen LogP contribution < -0.4 is 0 Å². The van der Waals surface area contributed by atoms with Crippen LogP contribution in [-0.2, 0) is 0 Å². The highest BCUT2D eigenvalue weighted by Gasteiger charge is 2.08. The van der Waals surface area contributed by atoms with Crippen molar-refractivity contribution in [1.82, 2.24) is 9.97 Å². The Balaban J connectivity index is 2.13. The molecule has 0 fully saturated rings. The fourth-order valence-corrected chi connectivity index (χ4v) is 2.63. The van der Waals surface area contributed by atoms with Gasteiger partial charge in [-0.05, 0) is 29.1 Å². The standard InChI is InChI=1S/C16H12N2/c1-3-11-7-9-18-16(11)14(5-1)12-4-2-6-15-13(12)8-10-17-15/h1-10,17-18H.